The van der Waals surface area contributed by atoms with Crippen LogP contribution in [0.25, 0.3) is 22.1 Å². The number of para-hydroxylation sites is 2. The van der Waals surface area contributed by atoms with Gasteiger partial charge >= 0.3 is 0 Å². The topological polar surface area (TPSA) is 43.6 Å². The summed E-state index contributed by atoms with van der Waals surface area (Å²) in [6, 6.07) is 19.9. The van der Waals surface area contributed by atoms with Crippen molar-refractivity contribution in [3.05, 3.63) is 101 Å². The molecule has 2 aromatic heterocycles. The molecule has 5 aromatic rings. The van der Waals surface area contributed by atoms with Gasteiger partial charge in [-0.3, -0.25) is 4.79 Å². The summed E-state index contributed by atoms with van der Waals surface area (Å²) in [5.41, 5.74) is 4.83. The first-order valence-corrected chi connectivity index (χ1v) is 12.0. The number of hydrogen-bond donors (Lipinski definition) is 0. The zero-order valence-corrected chi connectivity index (χ0v) is 20.4. The first kappa shape index (κ1) is 20.4. The molecule has 0 unspecified atom stereocenters. The molecule has 0 aliphatic heterocycles. The second-order valence-electron chi connectivity index (χ2n) is 7.22. The molecule has 0 N–H and O–H groups in total. The number of ether oxygens (including phenoxy) is 1. The van der Waals surface area contributed by atoms with Gasteiger partial charge in [0.2, 0.25) is 0 Å². The molecule has 0 saturated heterocycles. The van der Waals surface area contributed by atoms with E-state index in [1.54, 1.807) is 4.40 Å². The van der Waals surface area contributed by atoms with Crippen LogP contribution in [0.2, 0.25) is 0 Å². The van der Waals surface area contributed by atoms with Crippen LogP contribution in [0.4, 0.5) is 0 Å². The largest absolute Gasteiger partial charge is 0.487 e. The normalized spacial score (nSPS) is 12.2. The van der Waals surface area contributed by atoms with Gasteiger partial charge in [-0.15, -0.1) is 0 Å². The van der Waals surface area contributed by atoms with Crippen LogP contribution in [0.3, 0.4) is 0 Å². The third-order valence-electron chi connectivity index (χ3n) is 4.97. The summed E-state index contributed by atoms with van der Waals surface area (Å²) in [4.78, 5) is 18.3. The van der Waals surface area contributed by atoms with Crippen LogP contribution in [0.5, 0.6) is 5.75 Å². The van der Waals surface area contributed by atoms with Crippen LogP contribution in [-0.4, -0.2) is 9.38 Å². The zero-order chi connectivity index (χ0) is 21.5. The summed E-state index contributed by atoms with van der Waals surface area (Å²) in [6.45, 7) is 2.54. The van der Waals surface area contributed by atoms with E-state index in [1.165, 1.54) is 16.9 Å². The molecule has 0 aliphatic rings. The molecule has 0 radical (unpaired) electrons. The lowest BCUT2D eigenvalue weighted by molar-refractivity contribution is 0.302. The van der Waals surface area contributed by atoms with E-state index in [1.807, 2.05) is 42.5 Å². The number of aryl methyl sites for hydroxylation is 1. The number of hydrogen-bond acceptors (Lipinski definition) is 4. The molecule has 7 heteroatoms. The highest BCUT2D eigenvalue weighted by molar-refractivity contribution is 9.11. The standard InChI is InChI=1S/C24H16Br2N2O2S/c1-14-6-8-15(9-7-14)13-30-22-17(25)10-16(11-18(22)26)12-21-23(29)28-20-5-3-2-4-19(20)27-24(28)31-21/h2-12H,13H2,1H3. The Labute approximate surface area is 199 Å². The fraction of sp³-hybridized carbons (Fsp3) is 0.0833. The Kier molecular flexibility index (Phi) is 5.42. The van der Waals surface area contributed by atoms with Gasteiger partial charge in [0, 0.05) is 0 Å². The fourth-order valence-corrected chi connectivity index (χ4v) is 5.84. The van der Waals surface area contributed by atoms with E-state index in [0.717, 1.165) is 36.9 Å². The minimum Gasteiger partial charge on any atom is -0.487 e. The average molecular weight is 556 g/mol. The third kappa shape index (κ3) is 3.93. The number of aromatic nitrogens is 2. The predicted molar refractivity (Wildman–Crippen MR) is 133 cm³/mol. The Hall–Kier alpha value is -2.48. The summed E-state index contributed by atoms with van der Waals surface area (Å²) >= 11 is 8.61. The molecule has 0 spiro atoms. The van der Waals surface area contributed by atoms with Gasteiger partial charge in [0.25, 0.3) is 5.56 Å². The van der Waals surface area contributed by atoms with Crippen molar-refractivity contribution in [3.8, 4) is 5.75 Å². The van der Waals surface area contributed by atoms with Crippen LogP contribution in [0, 0.1) is 6.92 Å². The highest BCUT2D eigenvalue weighted by Gasteiger charge is 2.12. The maximum atomic E-state index is 13.0. The Bertz CT molecular complexity index is 1520. The molecular weight excluding hydrogens is 540 g/mol. The molecule has 0 aliphatic carbocycles. The van der Waals surface area contributed by atoms with Crippen molar-refractivity contribution in [2.75, 3.05) is 0 Å². The molecule has 0 saturated carbocycles. The Morgan fingerprint density at radius 2 is 1.77 bits per heavy atom. The Morgan fingerprint density at radius 1 is 1.06 bits per heavy atom. The number of thiazole rings is 1. The van der Waals surface area contributed by atoms with Gasteiger partial charge in [0.05, 0.1) is 24.5 Å². The van der Waals surface area contributed by atoms with Gasteiger partial charge in [-0.2, -0.15) is 0 Å². The second kappa shape index (κ2) is 8.22. The maximum Gasteiger partial charge on any atom is 0.274 e. The molecule has 4 nitrogen and oxygen atoms in total. The van der Waals surface area contributed by atoms with Crippen LogP contribution >= 0.6 is 43.2 Å². The lowest BCUT2D eigenvalue weighted by Crippen LogP contribution is -2.22. The van der Waals surface area contributed by atoms with Gasteiger partial charge in [-0.25, -0.2) is 9.38 Å². The minimum absolute atomic E-state index is 0.0550. The van der Waals surface area contributed by atoms with Gasteiger partial charge in [-0.1, -0.05) is 53.3 Å². The molecule has 0 amide bonds. The summed E-state index contributed by atoms with van der Waals surface area (Å²) in [7, 11) is 0. The minimum atomic E-state index is -0.0550. The number of halogens is 2. The monoisotopic (exact) mass is 554 g/mol. The fourth-order valence-electron chi connectivity index (χ4n) is 3.40. The first-order chi connectivity index (χ1) is 15.0. The molecule has 0 atom stereocenters. The first-order valence-electron chi connectivity index (χ1n) is 9.59. The van der Waals surface area contributed by atoms with Crippen molar-refractivity contribution in [1.82, 2.24) is 9.38 Å². The summed E-state index contributed by atoms with van der Waals surface area (Å²) < 4.78 is 9.98. The molecule has 0 fully saturated rings. The lowest BCUT2D eigenvalue weighted by atomic mass is 10.2. The van der Waals surface area contributed by atoms with Crippen LogP contribution in [0.15, 0.2) is 74.4 Å². The van der Waals surface area contributed by atoms with Gasteiger partial charge in [-0.05, 0) is 80.3 Å². The zero-order valence-electron chi connectivity index (χ0n) is 16.4. The van der Waals surface area contributed by atoms with Crippen molar-refractivity contribution in [2.24, 2.45) is 0 Å². The lowest BCUT2D eigenvalue weighted by Gasteiger charge is -2.11. The summed E-state index contributed by atoms with van der Waals surface area (Å²) in [5.74, 6) is 0.729. The highest BCUT2D eigenvalue weighted by Crippen LogP contribution is 2.35. The van der Waals surface area contributed by atoms with E-state index in [9.17, 15) is 4.79 Å². The van der Waals surface area contributed by atoms with E-state index >= 15 is 0 Å². The van der Waals surface area contributed by atoms with Crippen molar-refractivity contribution >= 4 is 65.3 Å². The highest BCUT2D eigenvalue weighted by atomic mass is 79.9. The molecule has 0 bridgehead atoms. The molecule has 154 valence electrons. The third-order valence-corrected chi connectivity index (χ3v) is 7.11. The van der Waals surface area contributed by atoms with Gasteiger partial charge in [0.15, 0.2) is 4.96 Å². The van der Waals surface area contributed by atoms with E-state index < -0.39 is 0 Å². The van der Waals surface area contributed by atoms with E-state index in [0.29, 0.717) is 16.1 Å². The predicted octanol–water partition coefficient (Wildman–Crippen LogP) is 5.87. The van der Waals surface area contributed by atoms with Crippen molar-refractivity contribution in [1.29, 1.82) is 0 Å². The van der Waals surface area contributed by atoms with Crippen LogP contribution in [-0.2, 0) is 6.61 Å². The molecular formula is C24H16Br2N2O2S. The van der Waals surface area contributed by atoms with E-state index in [-0.39, 0.29) is 5.56 Å². The maximum absolute atomic E-state index is 13.0. The smallest absolute Gasteiger partial charge is 0.274 e. The van der Waals surface area contributed by atoms with Gasteiger partial charge < -0.3 is 4.74 Å². The quantitative estimate of drug-likeness (QED) is 0.278. The number of rotatable bonds is 4. The Balaban J connectivity index is 1.48. The molecule has 3 aromatic carbocycles. The van der Waals surface area contributed by atoms with Crippen molar-refractivity contribution < 1.29 is 4.74 Å². The number of imidazole rings is 1. The Morgan fingerprint density at radius 3 is 2.52 bits per heavy atom. The van der Waals surface area contributed by atoms with Crippen molar-refractivity contribution in [3.63, 3.8) is 0 Å². The molecule has 31 heavy (non-hydrogen) atoms. The average Bonchev–Trinajstić information content (AvgIpc) is 3.25. The number of benzene rings is 3. The number of fused-ring (bicyclic) bond motifs is 3. The second-order valence-corrected chi connectivity index (χ2v) is 9.94. The van der Waals surface area contributed by atoms with Crippen LogP contribution < -0.4 is 14.8 Å². The summed E-state index contributed by atoms with van der Waals surface area (Å²) in [6.07, 6.45) is 1.88. The SMILES string of the molecule is Cc1ccc(COc2c(Br)cc(C=c3sc4nc5ccccc5n4c3=O)cc2Br)cc1. The van der Waals surface area contributed by atoms with E-state index in [2.05, 4.69) is 68.0 Å². The molecule has 2 heterocycles. The van der Waals surface area contributed by atoms with E-state index in [4.69, 9.17) is 4.74 Å². The molecule has 5 rings (SSSR count). The van der Waals surface area contributed by atoms with Gasteiger partial charge in [0.1, 0.15) is 12.4 Å². The van der Waals surface area contributed by atoms with Crippen molar-refractivity contribution in [2.45, 2.75) is 13.5 Å². The van der Waals surface area contributed by atoms with Crippen LogP contribution in [0.1, 0.15) is 16.7 Å². The summed E-state index contributed by atoms with van der Waals surface area (Å²) in [5, 5.41) is 0. The number of nitrogens with zero attached hydrogens (tertiary/aromatic N) is 2.